The molecule has 1 aliphatic rings. The fourth-order valence-electron chi connectivity index (χ4n) is 3.21. The number of sulfonamides is 1. The zero-order valence-electron chi connectivity index (χ0n) is 14.1. The molecular weight excluding hydrogens is 350 g/mol. The van der Waals surface area contributed by atoms with Crippen molar-refractivity contribution in [1.82, 2.24) is 24.5 Å². The predicted molar refractivity (Wildman–Crippen MR) is 96.6 cm³/mol. The van der Waals surface area contributed by atoms with E-state index >= 15 is 0 Å². The first-order valence-corrected chi connectivity index (χ1v) is 9.94. The monoisotopic (exact) mass is 369 g/mol. The Morgan fingerprint density at radius 3 is 2.77 bits per heavy atom. The number of nitrogens with one attached hydrogen (secondary N) is 1. The molecule has 0 spiro atoms. The van der Waals surface area contributed by atoms with E-state index in [2.05, 4.69) is 20.2 Å². The zero-order chi connectivity index (χ0) is 18.0. The highest BCUT2D eigenvalue weighted by atomic mass is 32.2. The van der Waals surface area contributed by atoms with E-state index < -0.39 is 10.0 Å². The zero-order valence-corrected chi connectivity index (χ0v) is 14.9. The van der Waals surface area contributed by atoms with Crippen molar-refractivity contribution in [3.63, 3.8) is 0 Å². The summed E-state index contributed by atoms with van der Waals surface area (Å²) >= 11 is 0. The van der Waals surface area contributed by atoms with Crippen molar-refractivity contribution in [2.75, 3.05) is 13.1 Å². The Labute approximate surface area is 152 Å². The third-order valence-electron chi connectivity index (χ3n) is 4.56. The molecule has 0 aliphatic carbocycles. The molecule has 134 valence electrons. The van der Waals surface area contributed by atoms with Crippen LogP contribution in [0.15, 0.2) is 59.8 Å². The van der Waals surface area contributed by atoms with Crippen molar-refractivity contribution >= 4 is 10.0 Å². The molecule has 0 radical (unpaired) electrons. The maximum Gasteiger partial charge on any atom is 0.243 e. The number of hydrogen-bond donors (Lipinski definition) is 1. The average molecular weight is 369 g/mol. The lowest BCUT2D eigenvalue weighted by Crippen LogP contribution is -2.29. The Balaban J connectivity index is 1.43. The van der Waals surface area contributed by atoms with Gasteiger partial charge >= 0.3 is 0 Å². The largest absolute Gasteiger partial charge is 0.264 e. The van der Waals surface area contributed by atoms with Crippen LogP contribution in [0.5, 0.6) is 0 Å². The third kappa shape index (κ3) is 3.38. The molecule has 1 N–H and O–H groups in total. The molecule has 1 unspecified atom stereocenters. The van der Waals surface area contributed by atoms with E-state index in [0.29, 0.717) is 30.2 Å². The number of pyridine rings is 1. The van der Waals surface area contributed by atoms with Crippen LogP contribution in [0.25, 0.3) is 11.4 Å². The van der Waals surface area contributed by atoms with Gasteiger partial charge in [0.2, 0.25) is 10.0 Å². The molecular formula is C18H19N5O2S. The summed E-state index contributed by atoms with van der Waals surface area (Å²) in [7, 11) is -3.42. The molecule has 3 aromatic rings. The summed E-state index contributed by atoms with van der Waals surface area (Å²) in [6.07, 6.45) is 4.91. The van der Waals surface area contributed by atoms with Crippen molar-refractivity contribution < 1.29 is 8.42 Å². The van der Waals surface area contributed by atoms with E-state index in [0.717, 1.165) is 17.8 Å². The maximum absolute atomic E-state index is 12.7. The van der Waals surface area contributed by atoms with Gasteiger partial charge in [-0.15, -0.1) is 0 Å². The summed E-state index contributed by atoms with van der Waals surface area (Å²) in [5.74, 6) is 1.61. The smallest absolute Gasteiger partial charge is 0.243 e. The van der Waals surface area contributed by atoms with Crippen LogP contribution in [-0.4, -0.2) is 46.0 Å². The van der Waals surface area contributed by atoms with Crippen molar-refractivity contribution in [1.29, 1.82) is 0 Å². The lowest BCUT2D eigenvalue weighted by molar-refractivity contribution is 0.453. The maximum atomic E-state index is 12.7. The second-order valence-corrected chi connectivity index (χ2v) is 8.32. The summed E-state index contributed by atoms with van der Waals surface area (Å²) in [6, 6.07) is 12.3. The van der Waals surface area contributed by atoms with Gasteiger partial charge < -0.3 is 0 Å². The molecule has 0 saturated carbocycles. The topological polar surface area (TPSA) is 91.8 Å². The van der Waals surface area contributed by atoms with Crippen LogP contribution in [0.1, 0.15) is 12.2 Å². The van der Waals surface area contributed by atoms with Crippen LogP contribution in [0.2, 0.25) is 0 Å². The van der Waals surface area contributed by atoms with Gasteiger partial charge in [0.1, 0.15) is 5.82 Å². The lowest BCUT2D eigenvalue weighted by Gasteiger charge is -2.16. The number of hydrogen-bond acceptors (Lipinski definition) is 5. The van der Waals surface area contributed by atoms with E-state index in [1.54, 1.807) is 41.0 Å². The van der Waals surface area contributed by atoms with Gasteiger partial charge in [-0.05, 0) is 36.6 Å². The van der Waals surface area contributed by atoms with Gasteiger partial charge in [-0.3, -0.25) is 10.1 Å². The third-order valence-corrected chi connectivity index (χ3v) is 6.44. The lowest BCUT2D eigenvalue weighted by atomic mass is 10.1. The minimum absolute atomic E-state index is 0.225. The Bertz CT molecular complexity index is 973. The summed E-state index contributed by atoms with van der Waals surface area (Å²) in [6.45, 7) is 1.03. The molecule has 26 heavy (non-hydrogen) atoms. The van der Waals surface area contributed by atoms with Gasteiger partial charge in [-0.1, -0.05) is 18.2 Å². The van der Waals surface area contributed by atoms with Gasteiger partial charge in [-0.25, -0.2) is 13.4 Å². The Morgan fingerprint density at radius 1 is 1.15 bits per heavy atom. The van der Waals surface area contributed by atoms with E-state index in [9.17, 15) is 8.42 Å². The number of H-pyrrole nitrogens is 1. The molecule has 8 heteroatoms. The highest BCUT2D eigenvalue weighted by Crippen LogP contribution is 2.26. The normalized spacial score (nSPS) is 18.2. The summed E-state index contributed by atoms with van der Waals surface area (Å²) in [5, 5.41) is 7.20. The highest BCUT2D eigenvalue weighted by Gasteiger charge is 2.32. The standard InChI is InChI=1S/C18H19N5O2S/c24-26(25,16-6-2-1-3-7-16)23-10-8-14(13-23)11-17-20-18(22-21-17)15-5-4-9-19-12-15/h1-7,9,12,14H,8,10-11,13H2,(H,20,21,22). The molecule has 1 atom stereocenters. The quantitative estimate of drug-likeness (QED) is 0.744. The van der Waals surface area contributed by atoms with Crippen LogP contribution in [0, 0.1) is 5.92 Å². The molecule has 1 fully saturated rings. The minimum atomic E-state index is -3.42. The first kappa shape index (κ1) is 16.9. The second kappa shape index (κ2) is 6.97. The molecule has 2 aromatic heterocycles. The van der Waals surface area contributed by atoms with Gasteiger partial charge in [0.25, 0.3) is 0 Å². The predicted octanol–water partition coefficient (Wildman–Crippen LogP) is 2.12. The van der Waals surface area contributed by atoms with Crippen LogP contribution in [-0.2, 0) is 16.4 Å². The van der Waals surface area contributed by atoms with E-state index in [1.807, 2.05) is 18.2 Å². The Hall–Kier alpha value is -2.58. The van der Waals surface area contributed by atoms with Crippen LogP contribution >= 0.6 is 0 Å². The molecule has 4 rings (SSSR count). The van der Waals surface area contributed by atoms with Crippen molar-refractivity contribution in [2.45, 2.75) is 17.7 Å². The van der Waals surface area contributed by atoms with Gasteiger partial charge in [0, 0.05) is 37.5 Å². The van der Waals surface area contributed by atoms with E-state index in [1.165, 1.54) is 0 Å². The molecule has 1 aliphatic heterocycles. The Kier molecular flexibility index (Phi) is 4.52. The minimum Gasteiger partial charge on any atom is -0.264 e. The molecule has 0 bridgehead atoms. The molecule has 7 nitrogen and oxygen atoms in total. The first-order chi connectivity index (χ1) is 12.6. The Morgan fingerprint density at radius 2 is 2.00 bits per heavy atom. The number of benzene rings is 1. The molecule has 1 saturated heterocycles. The number of aromatic nitrogens is 4. The fourth-order valence-corrected chi connectivity index (χ4v) is 4.76. The van der Waals surface area contributed by atoms with Gasteiger partial charge in [0.05, 0.1) is 4.90 Å². The highest BCUT2D eigenvalue weighted by molar-refractivity contribution is 7.89. The van der Waals surface area contributed by atoms with Crippen LogP contribution < -0.4 is 0 Å². The summed E-state index contributed by atoms with van der Waals surface area (Å²) < 4.78 is 27.0. The van der Waals surface area contributed by atoms with Gasteiger partial charge in [-0.2, -0.15) is 9.40 Å². The fraction of sp³-hybridized carbons (Fsp3) is 0.278. The van der Waals surface area contributed by atoms with Crippen molar-refractivity contribution in [2.24, 2.45) is 5.92 Å². The van der Waals surface area contributed by atoms with E-state index in [4.69, 9.17) is 0 Å². The van der Waals surface area contributed by atoms with Crippen LogP contribution in [0.3, 0.4) is 0 Å². The number of rotatable bonds is 5. The van der Waals surface area contributed by atoms with E-state index in [-0.39, 0.29) is 5.92 Å². The van der Waals surface area contributed by atoms with Crippen LogP contribution in [0.4, 0.5) is 0 Å². The van der Waals surface area contributed by atoms with Gasteiger partial charge in [0.15, 0.2) is 5.82 Å². The number of nitrogens with zero attached hydrogens (tertiary/aromatic N) is 4. The average Bonchev–Trinajstić information content (AvgIpc) is 3.34. The summed E-state index contributed by atoms with van der Waals surface area (Å²) in [5.41, 5.74) is 0.856. The SMILES string of the molecule is O=S(=O)(c1ccccc1)N1CCC(Cc2nc(-c3cccnc3)n[nH]2)C1. The molecule has 3 heterocycles. The second-order valence-electron chi connectivity index (χ2n) is 6.38. The first-order valence-electron chi connectivity index (χ1n) is 8.50. The van der Waals surface area contributed by atoms with Crippen molar-refractivity contribution in [3.8, 4) is 11.4 Å². The molecule has 0 amide bonds. The summed E-state index contributed by atoms with van der Waals surface area (Å²) in [4.78, 5) is 8.93. The van der Waals surface area contributed by atoms with Crippen molar-refractivity contribution in [3.05, 3.63) is 60.7 Å². The number of aromatic amines is 1. The molecule has 1 aromatic carbocycles.